The maximum Gasteiger partial charge on any atom is 0.335 e. The van der Waals surface area contributed by atoms with Gasteiger partial charge in [-0.3, -0.25) is 9.97 Å². The number of hydrogen-bond donors (Lipinski definition) is 2. The van der Waals surface area contributed by atoms with E-state index in [0.717, 1.165) is 5.76 Å². The second-order valence-corrected chi connectivity index (χ2v) is 6.76. The Morgan fingerprint density at radius 3 is 2.03 bits per heavy atom. The van der Waals surface area contributed by atoms with Crippen molar-refractivity contribution in [3.05, 3.63) is 89.1 Å². The normalized spacial score (nSPS) is 10.3. The molecule has 0 aliphatic rings. The summed E-state index contributed by atoms with van der Waals surface area (Å²) in [6.45, 7) is 1.83. The Morgan fingerprint density at radius 1 is 0.781 bits per heavy atom. The fourth-order valence-electron chi connectivity index (χ4n) is 2.90. The standard InChI is InChI=1S/C24H15N3O5/c1-14-2-4-18(32-14)5-3-15-6-8-25-19(10-15)21-12-17(24(30)31)13-22(27-21)20-11-16(23(28)29)7-9-26-20/h2,4,6-13H,1H3,(H,28,29)(H,30,31). The second-order valence-electron chi connectivity index (χ2n) is 6.76. The van der Waals surface area contributed by atoms with Crippen molar-refractivity contribution in [2.45, 2.75) is 6.92 Å². The van der Waals surface area contributed by atoms with Gasteiger partial charge in [-0.1, -0.05) is 5.92 Å². The van der Waals surface area contributed by atoms with Gasteiger partial charge in [-0.25, -0.2) is 14.6 Å². The molecular weight excluding hydrogens is 410 g/mol. The summed E-state index contributed by atoms with van der Waals surface area (Å²) < 4.78 is 5.44. The van der Waals surface area contributed by atoms with E-state index in [2.05, 4.69) is 26.8 Å². The molecule has 0 atom stereocenters. The van der Waals surface area contributed by atoms with Gasteiger partial charge in [0.05, 0.1) is 33.9 Å². The molecule has 32 heavy (non-hydrogen) atoms. The van der Waals surface area contributed by atoms with Crippen LogP contribution in [0, 0.1) is 18.8 Å². The maximum atomic E-state index is 11.7. The van der Waals surface area contributed by atoms with Crippen LogP contribution in [0.15, 0.2) is 65.3 Å². The molecule has 2 N–H and O–H groups in total. The Balaban J connectivity index is 1.77. The van der Waals surface area contributed by atoms with Crippen molar-refractivity contribution in [1.29, 1.82) is 0 Å². The van der Waals surface area contributed by atoms with Gasteiger partial charge < -0.3 is 14.6 Å². The number of aromatic carboxylic acids is 2. The molecule has 156 valence electrons. The third-order valence-corrected chi connectivity index (χ3v) is 4.43. The number of nitrogens with zero attached hydrogens (tertiary/aromatic N) is 3. The topological polar surface area (TPSA) is 126 Å². The predicted octanol–water partition coefficient (Wildman–Crippen LogP) is 3.90. The minimum atomic E-state index is -1.16. The molecule has 4 aromatic heterocycles. The zero-order valence-corrected chi connectivity index (χ0v) is 16.7. The van der Waals surface area contributed by atoms with Crippen LogP contribution < -0.4 is 0 Å². The molecule has 0 spiro atoms. The van der Waals surface area contributed by atoms with Gasteiger partial charge in [-0.05, 0) is 61.4 Å². The largest absolute Gasteiger partial charge is 0.478 e. The van der Waals surface area contributed by atoms with Crippen LogP contribution in [0.4, 0.5) is 0 Å². The molecule has 0 fully saturated rings. The van der Waals surface area contributed by atoms with Crippen molar-refractivity contribution in [2.75, 3.05) is 0 Å². The maximum absolute atomic E-state index is 11.7. The first-order chi connectivity index (χ1) is 15.4. The van der Waals surface area contributed by atoms with E-state index in [-0.39, 0.29) is 22.5 Å². The molecular formula is C24H15N3O5. The fourth-order valence-corrected chi connectivity index (χ4v) is 2.90. The minimum Gasteiger partial charge on any atom is -0.478 e. The van der Waals surface area contributed by atoms with E-state index in [4.69, 9.17) is 4.42 Å². The van der Waals surface area contributed by atoms with Gasteiger partial charge in [0.1, 0.15) is 5.76 Å². The summed E-state index contributed by atoms with van der Waals surface area (Å²) >= 11 is 0. The summed E-state index contributed by atoms with van der Waals surface area (Å²) in [5.41, 5.74) is 1.77. The molecule has 4 aromatic rings. The molecule has 4 rings (SSSR count). The molecule has 0 amide bonds. The average molecular weight is 425 g/mol. The van der Waals surface area contributed by atoms with Crippen molar-refractivity contribution in [2.24, 2.45) is 0 Å². The number of furan rings is 1. The summed E-state index contributed by atoms with van der Waals surface area (Å²) in [5.74, 6) is 4.90. The number of hydrogen-bond acceptors (Lipinski definition) is 6. The van der Waals surface area contributed by atoms with E-state index in [1.54, 1.807) is 24.4 Å². The van der Waals surface area contributed by atoms with Crippen molar-refractivity contribution in [1.82, 2.24) is 15.0 Å². The Labute approximate surface area is 182 Å². The van der Waals surface area contributed by atoms with Crippen LogP contribution in [0.2, 0.25) is 0 Å². The fraction of sp³-hybridized carbons (Fsp3) is 0.0417. The first-order valence-corrected chi connectivity index (χ1v) is 9.39. The van der Waals surface area contributed by atoms with Gasteiger partial charge in [0.25, 0.3) is 0 Å². The number of carboxylic acids is 2. The van der Waals surface area contributed by atoms with E-state index in [0.29, 0.717) is 22.7 Å². The van der Waals surface area contributed by atoms with Gasteiger partial charge in [-0.15, -0.1) is 0 Å². The first kappa shape index (κ1) is 20.5. The molecule has 0 aliphatic heterocycles. The lowest BCUT2D eigenvalue weighted by Crippen LogP contribution is -2.02. The lowest BCUT2D eigenvalue weighted by Gasteiger charge is -2.07. The molecule has 8 heteroatoms. The SMILES string of the molecule is Cc1ccc(C#Cc2ccnc(-c3cc(C(=O)O)cc(-c4cc(C(=O)O)ccn4)n3)c2)o1. The van der Waals surface area contributed by atoms with E-state index < -0.39 is 11.9 Å². The van der Waals surface area contributed by atoms with Gasteiger partial charge in [-0.2, -0.15) is 0 Å². The van der Waals surface area contributed by atoms with Crippen LogP contribution in [0.1, 0.15) is 37.8 Å². The number of pyridine rings is 3. The number of aryl methyl sites for hydroxylation is 1. The molecule has 0 bridgehead atoms. The molecule has 0 aliphatic carbocycles. The average Bonchev–Trinajstić information content (AvgIpc) is 3.22. The summed E-state index contributed by atoms with van der Waals surface area (Å²) in [6, 6.07) is 12.4. The van der Waals surface area contributed by atoms with E-state index >= 15 is 0 Å². The van der Waals surface area contributed by atoms with Crippen LogP contribution in [-0.4, -0.2) is 37.1 Å². The molecule has 4 heterocycles. The first-order valence-electron chi connectivity index (χ1n) is 9.39. The second kappa shape index (κ2) is 8.53. The molecule has 0 aromatic carbocycles. The van der Waals surface area contributed by atoms with Gasteiger partial charge in [0.15, 0.2) is 5.76 Å². The van der Waals surface area contributed by atoms with Crippen LogP contribution in [0.5, 0.6) is 0 Å². The Hall–Kier alpha value is -4.77. The smallest absolute Gasteiger partial charge is 0.335 e. The Kier molecular flexibility index (Phi) is 5.47. The van der Waals surface area contributed by atoms with Crippen molar-refractivity contribution < 1.29 is 24.2 Å². The van der Waals surface area contributed by atoms with E-state index in [1.807, 2.05) is 13.0 Å². The summed E-state index contributed by atoms with van der Waals surface area (Å²) in [6.07, 6.45) is 2.88. The summed E-state index contributed by atoms with van der Waals surface area (Å²) in [4.78, 5) is 35.9. The van der Waals surface area contributed by atoms with Crippen LogP contribution >= 0.6 is 0 Å². The Morgan fingerprint density at radius 2 is 1.41 bits per heavy atom. The number of rotatable bonds is 4. The van der Waals surface area contributed by atoms with Crippen molar-refractivity contribution >= 4 is 11.9 Å². The van der Waals surface area contributed by atoms with Gasteiger partial charge in [0.2, 0.25) is 0 Å². The number of carboxylic acid groups (broad SMARTS) is 2. The molecule has 8 nitrogen and oxygen atoms in total. The predicted molar refractivity (Wildman–Crippen MR) is 114 cm³/mol. The molecule has 0 unspecified atom stereocenters. The zero-order chi connectivity index (χ0) is 22.7. The third-order valence-electron chi connectivity index (χ3n) is 4.43. The number of carbonyl (C=O) groups is 2. The highest BCUT2D eigenvalue weighted by molar-refractivity contribution is 5.91. The lowest BCUT2D eigenvalue weighted by atomic mass is 10.1. The molecule has 0 radical (unpaired) electrons. The van der Waals surface area contributed by atoms with Crippen LogP contribution in [0.25, 0.3) is 22.8 Å². The van der Waals surface area contributed by atoms with Gasteiger partial charge in [0, 0.05) is 18.0 Å². The number of aromatic nitrogens is 3. The zero-order valence-electron chi connectivity index (χ0n) is 16.7. The van der Waals surface area contributed by atoms with Gasteiger partial charge >= 0.3 is 11.9 Å². The highest BCUT2D eigenvalue weighted by atomic mass is 16.4. The minimum absolute atomic E-state index is 0.0163. The monoisotopic (exact) mass is 425 g/mol. The molecule has 0 saturated carbocycles. The third kappa shape index (κ3) is 4.52. The quantitative estimate of drug-likeness (QED) is 0.471. The summed E-state index contributed by atoms with van der Waals surface area (Å²) in [5, 5.41) is 18.8. The lowest BCUT2D eigenvalue weighted by molar-refractivity contribution is 0.0686. The summed E-state index contributed by atoms with van der Waals surface area (Å²) in [7, 11) is 0. The van der Waals surface area contributed by atoms with Crippen LogP contribution in [0.3, 0.4) is 0 Å². The molecule has 0 saturated heterocycles. The van der Waals surface area contributed by atoms with E-state index in [9.17, 15) is 19.8 Å². The van der Waals surface area contributed by atoms with E-state index in [1.165, 1.54) is 30.5 Å². The van der Waals surface area contributed by atoms with Crippen molar-refractivity contribution in [3.8, 4) is 34.6 Å². The highest BCUT2D eigenvalue weighted by Crippen LogP contribution is 2.24. The van der Waals surface area contributed by atoms with Crippen LogP contribution in [-0.2, 0) is 0 Å². The highest BCUT2D eigenvalue weighted by Gasteiger charge is 2.14. The Bertz CT molecular complexity index is 1410. The van der Waals surface area contributed by atoms with Crippen molar-refractivity contribution in [3.63, 3.8) is 0 Å².